The van der Waals surface area contributed by atoms with E-state index in [2.05, 4.69) is 57.7 Å². The Morgan fingerprint density at radius 1 is 1.15 bits per heavy atom. The van der Waals surface area contributed by atoms with Gasteiger partial charge in [-0.3, -0.25) is 0 Å². The SMILES string of the molecule is Brc1ccc(C2=CNCC=C2)cc1. The first-order valence-corrected chi connectivity index (χ1v) is 5.01. The topological polar surface area (TPSA) is 12.0 Å². The molecule has 1 aromatic carbocycles. The Kier molecular flexibility index (Phi) is 2.50. The summed E-state index contributed by atoms with van der Waals surface area (Å²) in [5.74, 6) is 0. The van der Waals surface area contributed by atoms with Gasteiger partial charge in [-0.25, -0.2) is 0 Å². The summed E-state index contributed by atoms with van der Waals surface area (Å²) < 4.78 is 1.12. The maximum absolute atomic E-state index is 3.42. The minimum absolute atomic E-state index is 0.931. The van der Waals surface area contributed by atoms with Crippen LogP contribution in [0.5, 0.6) is 0 Å². The fourth-order valence-electron chi connectivity index (χ4n) is 1.29. The van der Waals surface area contributed by atoms with E-state index in [9.17, 15) is 0 Å². The molecule has 0 saturated heterocycles. The first kappa shape index (κ1) is 8.57. The van der Waals surface area contributed by atoms with Crippen LogP contribution in [0.4, 0.5) is 0 Å². The Labute approximate surface area is 86.3 Å². The highest BCUT2D eigenvalue weighted by Crippen LogP contribution is 2.19. The van der Waals surface area contributed by atoms with Crippen molar-refractivity contribution in [1.82, 2.24) is 5.32 Å². The van der Waals surface area contributed by atoms with Crippen LogP contribution >= 0.6 is 15.9 Å². The molecule has 1 aliphatic heterocycles. The van der Waals surface area contributed by atoms with Crippen molar-refractivity contribution >= 4 is 21.5 Å². The quantitative estimate of drug-likeness (QED) is 0.790. The van der Waals surface area contributed by atoms with Crippen molar-refractivity contribution in [3.63, 3.8) is 0 Å². The largest absolute Gasteiger partial charge is 0.387 e. The molecule has 0 spiro atoms. The number of rotatable bonds is 1. The summed E-state index contributed by atoms with van der Waals surface area (Å²) in [5, 5.41) is 3.19. The average Bonchev–Trinajstić information content (AvgIpc) is 2.20. The first-order chi connectivity index (χ1) is 6.36. The number of hydrogen-bond donors (Lipinski definition) is 1. The lowest BCUT2D eigenvalue weighted by Crippen LogP contribution is -2.08. The molecule has 0 bridgehead atoms. The predicted octanol–water partition coefficient (Wildman–Crippen LogP) is 2.95. The third kappa shape index (κ3) is 2.01. The molecule has 13 heavy (non-hydrogen) atoms. The summed E-state index contributed by atoms with van der Waals surface area (Å²) >= 11 is 3.42. The molecule has 1 nitrogen and oxygen atoms in total. The Morgan fingerprint density at radius 3 is 2.54 bits per heavy atom. The molecule has 0 atom stereocenters. The van der Waals surface area contributed by atoms with Crippen LogP contribution in [0.2, 0.25) is 0 Å². The second-order valence-corrected chi connectivity index (χ2v) is 3.83. The molecule has 2 rings (SSSR count). The second-order valence-electron chi connectivity index (χ2n) is 2.92. The average molecular weight is 236 g/mol. The van der Waals surface area contributed by atoms with E-state index in [1.165, 1.54) is 11.1 Å². The van der Waals surface area contributed by atoms with E-state index in [1.807, 2.05) is 6.20 Å². The lowest BCUT2D eigenvalue weighted by molar-refractivity contribution is 0.976. The number of nitrogens with one attached hydrogen (secondary N) is 1. The van der Waals surface area contributed by atoms with Gasteiger partial charge in [0.05, 0.1) is 0 Å². The van der Waals surface area contributed by atoms with E-state index < -0.39 is 0 Å². The molecule has 1 heterocycles. The van der Waals surface area contributed by atoms with Gasteiger partial charge in [0.25, 0.3) is 0 Å². The third-order valence-electron chi connectivity index (χ3n) is 1.97. The number of allylic oxidation sites excluding steroid dienone is 2. The van der Waals surface area contributed by atoms with Crippen molar-refractivity contribution in [2.45, 2.75) is 0 Å². The van der Waals surface area contributed by atoms with E-state index in [0.717, 1.165) is 11.0 Å². The minimum atomic E-state index is 0.931. The molecule has 66 valence electrons. The lowest BCUT2D eigenvalue weighted by Gasteiger charge is -2.08. The van der Waals surface area contributed by atoms with Crippen LogP contribution in [0.1, 0.15) is 5.56 Å². The van der Waals surface area contributed by atoms with Gasteiger partial charge >= 0.3 is 0 Å². The molecular weight excluding hydrogens is 226 g/mol. The lowest BCUT2D eigenvalue weighted by atomic mass is 10.1. The Hall–Kier alpha value is -1.02. The molecule has 1 N–H and O–H groups in total. The van der Waals surface area contributed by atoms with E-state index in [-0.39, 0.29) is 0 Å². The summed E-state index contributed by atoms with van der Waals surface area (Å²) in [5.41, 5.74) is 2.48. The summed E-state index contributed by atoms with van der Waals surface area (Å²) in [6.07, 6.45) is 6.31. The standard InChI is InChI=1S/C11H10BrN/c12-11-5-3-9(4-6-11)10-2-1-7-13-8-10/h1-6,8,13H,7H2. The van der Waals surface area contributed by atoms with Crippen molar-refractivity contribution in [1.29, 1.82) is 0 Å². The molecule has 1 aliphatic rings. The highest BCUT2D eigenvalue weighted by molar-refractivity contribution is 9.10. The monoisotopic (exact) mass is 235 g/mol. The predicted molar refractivity (Wildman–Crippen MR) is 59.3 cm³/mol. The van der Waals surface area contributed by atoms with Crippen LogP contribution in [0.3, 0.4) is 0 Å². The fourth-order valence-corrected chi connectivity index (χ4v) is 1.56. The van der Waals surface area contributed by atoms with E-state index in [1.54, 1.807) is 0 Å². The van der Waals surface area contributed by atoms with E-state index >= 15 is 0 Å². The second kappa shape index (κ2) is 3.79. The van der Waals surface area contributed by atoms with Crippen molar-refractivity contribution in [2.75, 3.05) is 6.54 Å². The van der Waals surface area contributed by atoms with Gasteiger partial charge in [-0.2, -0.15) is 0 Å². The van der Waals surface area contributed by atoms with E-state index in [0.29, 0.717) is 0 Å². The van der Waals surface area contributed by atoms with Gasteiger partial charge in [0, 0.05) is 17.2 Å². The van der Waals surface area contributed by atoms with Crippen LogP contribution in [0, 0.1) is 0 Å². The normalized spacial score (nSPS) is 15.0. The van der Waals surface area contributed by atoms with Gasteiger partial charge in [-0.15, -0.1) is 0 Å². The molecule has 0 radical (unpaired) electrons. The van der Waals surface area contributed by atoms with Gasteiger partial charge in [0.2, 0.25) is 0 Å². The number of halogens is 1. The molecule has 0 aliphatic carbocycles. The van der Waals surface area contributed by atoms with Crippen LogP contribution in [0.15, 0.2) is 47.1 Å². The highest BCUT2D eigenvalue weighted by Gasteiger charge is 1.99. The van der Waals surface area contributed by atoms with Crippen molar-refractivity contribution in [3.8, 4) is 0 Å². The maximum Gasteiger partial charge on any atom is 0.0328 e. The maximum atomic E-state index is 3.42. The zero-order chi connectivity index (χ0) is 9.10. The summed E-state index contributed by atoms with van der Waals surface area (Å²) in [6, 6.07) is 8.32. The smallest absolute Gasteiger partial charge is 0.0328 e. The molecule has 0 amide bonds. The van der Waals surface area contributed by atoms with Crippen molar-refractivity contribution < 1.29 is 0 Å². The zero-order valence-electron chi connectivity index (χ0n) is 7.13. The number of dihydropyridines is 1. The van der Waals surface area contributed by atoms with Gasteiger partial charge in [0.1, 0.15) is 0 Å². The van der Waals surface area contributed by atoms with Gasteiger partial charge in [-0.05, 0) is 23.3 Å². The van der Waals surface area contributed by atoms with Crippen LogP contribution in [-0.4, -0.2) is 6.54 Å². The van der Waals surface area contributed by atoms with E-state index in [4.69, 9.17) is 0 Å². The van der Waals surface area contributed by atoms with Crippen molar-refractivity contribution in [2.24, 2.45) is 0 Å². The molecule has 2 heteroatoms. The van der Waals surface area contributed by atoms with Crippen LogP contribution in [-0.2, 0) is 0 Å². The fraction of sp³-hybridized carbons (Fsp3) is 0.0909. The Balaban J connectivity index is 2.30. The molecular formula is C11H10BrN. The summed E-state index contributed by atoms with van der Waals surface area (Å²) in [6.45, 7) is 0.931. The zero-order valence-corrected chi connectivity index (χ0v) is 8.71. The molecule has 0 fully saturated rings. The van der Waals surface area contributed by atoms with Gasteiger partial charge < -0.3 is 5.32 Å². The van der Waals surface area contributed by atoms with Crippen LogP contribution in [0.25, 0.3) is 5.57 Å². The number of hydrogen-bond acceptors (Lipinski definition) is 1. The van der Waals surface area contributed by atoms with Crippen LogP contribution < -0.4 is 5.32 Å². The first-order valence-electron chi connectivity index (χ1n) is 4.22. The van der Waals surface area contributed by atoms with Gasteiger partial charge in [0.15, 0.2) is 0 Å². The molecule has 0 aromatic heterocycles. The summed E-state index contributed by atoms with van der Waals surface area (Å²) in [7, 11) is 0. The minimum Gasteiger partial charge on any atom is -0.387 e. The van der Waals surface area contributed by atoms with Crippen molar-refractivity contribution in [3.05, 3.63) is 52.7 Å². The summed E-state index contributed by atoms with van der Waals surface area (Å²) in [4.78, 5) is 0. The third-order valence-corrected chi connectivity index (χ3v) is 2.50. The molecule has 1 aromatic rings. The molecule has 0 unspecified atom stereocenters. The molecule has 0 saturated carbocycles. The Morgan fingerprint density at radius 2 is 1.92 bits per heavy atom. The highest BCUT2D eigenvalue weighted by atomic mass is 79.9. The number of benzene rings is 1. The van der Waals surface area contributed by atoms with Gasteiger partial charge in [-0.1, -0.05) is 40.2 Å². The Bertz CT molecular complexity index is 349.